The molecular formula is C16H21NO3. The average Bonchev–Trinajstić information content (AvgIpc) is 2.46. The molecule has 1 aliphatic carbocycles. The largest absolute Gasteiger partial charge is 0.490 e. The third-order valence-corrected chi connectivity index (χ3v) is 4.44. The molecule has 1 saturated heterocycles. The highest BCUT2D eigenvalue weighted by Crippen LogP contribution is 2.43. The van der Waals surface area contributed by atoms with Gasteiger partial charge in [-0.1, -0.05) is 5.16 Å². The Morgan fingerprint density at radius 2 is 2.10 bits per heavy atom. The van der Waals surface area contributed by atoms with E-state index in [9.17, 15) is 0 Å². The third-order valence-electron chi connectivity index (χ3n) is 4.44. The molecule has 2 fully saturated rings. The highest BCUT2D eigenvalue weighted by atomic mass is 16.5. The molecule has 20 heavy (non-hydrogen) atoms. The van der Waals surface area contributed by atoms with Crippen molar-refractivity contribution < 1.29 is 14.7 Å². The van der Waals surface area contributed by atoms with E-state index in [1.807, 2.05) is 24.3 Å². The van der Waals surface area contributed by atoms with Crippen molar-refractivity contribution in [3.8, 4) is 5.75 Å². The highest BCUT2D eigenvalue weighted by molar-refractivity contribution is 5.98. The number of nitrogens with zero attached hydrogens (tertiary/aromatic N) is 1. The number of hydrogen-bond donors (Lipinski definition) is 1. The van der Waals surface area contributed by atoms with Gasteiger partial charge in [0.1, 0.15) is 11.9 Å². The smallest absolute Gasteiger partial charge is 0.119 e. The van der Waals surface area contributed by atoms with Gasteiger partial charge in [0.2, 0.25) is 0 Å². The quantitative estimate of drug-likeness (QED) is 0.523. The Hall–Kier alpha value is -1.55. The fourth-order valence-electron chi connectivity index (χ4n) is 3.03. The van der Waals surface area contributed by atoms with Gasteiger partial charge in [-0.2, -0.15) is 0 Å². The van der Waals surface area contributed by atoms with Crippen molar-refractivity contribution in [1.82, 2.24) is 0 Å². The van der Waals surface area contributed by atoms with Gasteiger partial charge in [0.05, 0.1) is 17.9 Å². The van der Waals surface area contributed by atoms with Crippen molar-refractivity contribution in [3.63, 3.8) is 0 Å². The van der Waals surface area contributed by atoms with Gasteiger partial charge in [-0.3, -0.25) is 0 Å². The lowest BCUT2D eigenvalue weighted by Crippen LogP contribution is -2.48. The Balaban J connectivity index is 1.62. The van der Waals surface area contributed by atoms with Gasteiger partial charge in [-0.25, -0.2) is 0 Å². The fourth-order valence-corrected chi connectivity index (χ4v) is 3.03. The zero-order valence-electron chi connectivity index (χ0n) is 11.8. The van der Waals surface area contributed by atoms with Gasteiger partial charge < -0.3 is 14.7 Å². The predicted octanol–water partition coefficient (Wildman–Crippen LogP) is 3.37. The molecular weight excluding hydrogens is 254 g/mol. The molecule has 1 aromatic rings. The molecule has 3 rings (SSSR count). The van der Waals surface area contributed by atoms with E-state index in [4.69, 9.17) is 14.7 Å². The van der Waals surface area contributed by atoms with Gasteiger partial charge in [-0.05, 0) is 56.0 Å². The van der Waals surface area contributed by atoms with E-state index in [0.717, 1.165) is 30.8 Å². The first-order valence-electron chi connectivity index (χ1n) is 7.30. The zero-order chi connectivity index (χ0) is 14.0. The van der Waals surface area contributed by atoms with Gasteiger partial charge in [0.15, 0.2) is 0 Å². The second kappa shape index (κ2) is 5.44. The minimum atomic E-state index is 0.114. The molecule has 4 heteroatoms. The summed E-state index contributed by atoms with van der Waals surface area (Å²) in [5.74, 6) is 0.876. The maximum atomic E-state index is 8.75. The molecule has 4 nitrogen and oxygen atoms in total. The Morgan fingerprint density at radius 1 is 1.35 bits per heavy atom. The van der Waals surface area contributed by atoms with Crippen molar-refractivity contribution in [2.75, 3.05) is 6.61 Å². The Bertz CT molecular complexity index is 491. The Morgan fingerprint density at radius 3 is 2.70 bits per heavy atom. The number of benzene rings is 1. The van der Waals surface area contributed by atoms with Gasteiger partial charge in [0.25, 0.3) is 0 Å². The maximum Gasteiger partial charge on any atom is 0.119 e. The number of ether oxygens (including phenoxy) is 2. The van der Waals surface area contributed by atoms with Crippen LogP contribution in [0.25, 0.3) is 0 Å². The van der Waals surface area contributed by atoms with Crippen LogP contribution in [0.2, 0.25) is 0 Å². The summed E-state index contributed by atoms with van der Waals surface area (Å²) in [6.07, 6.45) is 5.85. The summed E-state index contributed by atoms with van der Waals surface area (Å²) in [4.78, 5) is 0. The molecule has 1 aliphatic heterocycles. The van der Waals surface area contributed by atoms with Crippen LogP contribution in [0.3, 0.4) is 0 Å². The van der Waals surface area contributed by atoms with Crippen LogP contribution in [0.5, 0.6) is 5.75 Å². The second-order valence-electron chi connectivity index (χ2n) is 5.83. The van der Waals surface area contributed by atoms with Crippen molar-refractivity contribution in [2.24, 2.45) is 5.16 Å². The lowest BCUT2D eigenvalue weighted by Gasteiger charge is -2.46. The van der Waals surface area contributed by atoms with Gasteiger partial charge in [0, 0.05) is 12.8 Å². The Kier molecular flexibility index (Phi) is 3.66. The van der Waals surface area contributed by atoms with Crippen LogP contribution >= 0.6 is 0 Å². The number of hydrogen-bond acceptors (Lipinski definition) is 4. The minimum Gasteiger partial charge on any atom is -0.490 e. The summed E-state index contributed by atoms with van der Waals surface area (Å²) in [6.45, 7) is 2.58. The molecule has 2 aliphatic rings. The van der Waals surface area contributed by atoms with E-state index in [1.165, 1.54) is 19.3 Å². The van der Waals surface area contributed by atoms with Crippen LogP contribution in [-0.4, -0.2) is 29.2 Å². The molecule has 0 aromatic heterocycles. The Labute approximate surface area is 119 Å². The highest BCUT2D eigenvalue weighted by Gasteiger charge is 2.43. The van der Waals surface area contributed by atoms with E-state index in [-0.39, 0.29) is 11.7 Å². The van der Waals surface area contributed by atoms with E-state index < -0.39 is 0 Å². The van der Waals surface area contributed by atoms with Gasteiger partial charge >= 0.3 is 0 Å². The molecule has 1 aromatic carbocycles. The first-order chi connectivity index (χ1) is 9.71. The SMILES string of the molecule is C/C(=N/O)c1ccc(OC2CCOC3(CCC3)C2)cc1. The molecule has 1 saturated carbocycles. The molecule has 0 radical (unpaired) electrons. The van der Waals surface area contributed by atoms with Gasteiger partial charge in [-0.15, -0.1) is 0 Å². The predicted molar refractivity (Wildman–Crippen MR) is 76.6 cm³/mol. The maximum absolute atomic E-state index is 8.75. The summed E-state index contributed by atoms with van der Waals surface area (Å²) < 4.78 is 12.0. The monoisotopic (exact) mass is 275 g/mol. The first kappa shape index (κ1) is 13.4. The number of oxime groups is 1. The van der Waals surface area contributed by atoms with Crippen molar-refractivity contribution in [3.05, 3.63) is 29.8 Å². The molecule has 108 valence electrons. The summed E-state index contributed by atoms with van der Waals surface area (Å²) >= 11 is 0. The topological polar surface area (TPSA) is 51.1 Å². The normalized spacial score (nSPS) is 25.2. The molecule has 1 unspecified atom stereocenters. The van der Waals surface area contributed by atoms with Crippen molar-refractivity contribution >= 4 is 5.71 Å². The molecule has 0 amide bonds. The van der Waals surface area contributed by atoms with Crippen LogP contribution in [0.4, 0.5) is 0 Å². The minimum absolute atomic E-state index is 0.114. The summed E-state index contributed by atoms with van der Waals surface area (Å²) in [6, 6.07) is 7.71. The second-order valence-corrected chi connectivity index (χ2v) is 5.83. The standard InChI is InChI=1S/C16H21NO3/c1-12(17-18)13-3-5-14(6-4-13)20-15-7-10-19-16(11-15)8-2-9-16/h3-6,15,18H,2,7-11H2,1H3/b17-12-. The van der Waals surface area contributed by atoms with E-state index in [2.05, 4.69) is 5.16 Å². The van der Waals surface area contributed by atoms with Crippen LogP contribution in [0.1, 0.15) is 44.6 Å². The van der Waals surface area contributed by atoms with E-state index in [0.29, 0.717) is 5.71 Å². The van der Waals surface area contributed by atoms with Crippen LogP contribution in [-0.2, 0) is 4.74 Å². The molecule has 1 atom stereocenters. The average molecular weight is 275 g/mol. The van der Waals surface area contributed by atoms with E-state index in [1.54, 1.807) is 6.92 Å². The van der Waals surface area contributed by atoms with Crippen molar-refractivity contribution in [1.29, 1.82) is 0 Å². The molecule has 1 spiro atoms. The molecule has 1 heterocycles. The summed E-state index contributed by atoms with van der Waals surface area (Å²) in [7, 11) is 0. The molecule has 1 N–H and O–H groups in total. The summed E-state index contributed by atoms with van der Waals surface area (Å²) in [5.41, 5.74) is 1.63. The van der Waals surface area contributed by atoms with Crippen molar-refractivity contribution in [2.45, 2.75) is 50.7 Å². The van der Waals surface area contributed by atoms with Crippen LogP contribution in [0, 0.1) is 0 Å². The first-order valence-corrected chi connectivity index (χ1v) is 7.30. The van der Waals surface area contributed by atoms with Crippen LogP contribution in [0.15, 0.2) is 29.4 Å². The van der Waals surface area contributed by atoms with Crippen LogP contribution < -0.4 is 4.74 Å². The zero-order valence-corrected chi connectivity index (χ0v) is 11.8. The number of rotatable bonds is 3. The lowest BCUT2D eigenvalue weighted by molar-refractivity contribution is -0.153. The third kappa shape index (κ3) is 2.66. The fraction of sp³-hybridized carbons (Fsp3) is 0.562. The van der Waals surface area contributed by atoms with E-state index >= 15 is 0 Å². The lowest BCUT2D eigenvalue weighted by atomic mass is 9.74. The summed E-state index contributed by atoms with van der Waals surface area (Å²) in [5, 5.41) is 12.0. The molecule has 0 bridgehead atoms.